The molecule has 1 saturated carbocycles. The van der Waals surface area contributed by atoms with E-state index in [4.69, 9.17) is 5.11 Å². The fraction of sp³-hybridized carbons (Fsp3) is 0.429. The minimum absolute atomic E-state index is 0.0157. The van der Waals surface area contributed by atoms with E-state index in [9.17, 15) is 9.59 Å². The topological polar surface area (TPSA) is 54.4 Å². The van der Waals surface area contributed by atoms with Crippen molar-refractivity contribution < 1.29 is 14.7 Å². The number of aryl methyl sites for hydroxylation is 1. The monoisotopic (exact) mass is 232 g/mol. The first kappa shape index (κ1) is 11.8. The maximum atomic E-state index is 12.1. The highest BCUT2D eigenvalue weighted by atomic mass is 16.4. The van der Waals surface area contributed by atoms with Crippen LogP contribution < -0.4 is 0 Å². The third-order valence-electron chi connectivity index (χ3n) is 3.77. The highest BCUT2D eigenvalue weighted by molar-refractivity contribution is 6.03. The predicted octanol–water partition coefficient (Wildman–Crippen LogP) is 2.52. The van der Waals surface area contributed by atoms with Gasteiger partial charge in [-0.2, -0.15) is 0 Å². The Morgan fingerprint density at radius 1 is 1.12 bits per heavy atom. The molecule has 1 N–H and O–H groups in total. The van der Waals surface area contributed by atoms with Gasteiger partial charge in [-0.25, -0.2) is 0 Å². The Balaban J connectivity index is 2.28. The largest absolute Gasteiger partial charge is 0.481 e. The van der Waals surface area contributed by atoms with Gasteiger partial charge in [0.2, 0.25) is 0 Å². The van der Waals surface area contributed by atoms with Crippen molar-refractivity contribution in [2.75, 3.05) is 0 Å². The van der Waals surface area contributed by atoms with Gasteiger partial charge in [-0.1, -0.05) is 12.1 Å². The molecule has 0 aromatic heterocycles. The molecular weight excluding hydrogens is 216 g/mol. The van der Waals surface area contributed by atoms with Crippen molar-refractivity contribution >= 4 is 11.8 Å². The molecule has 0 amide bonds. The van der Waals surface area contributed by atoms with Crippen LogP contribution in [0.1, 0.15) is 33.5 Å². The average Bonchev–Trinajstić information content (AvgIpc) is 3.05. The van der Waals surface area contributed by atoms with Crippen molar-refractivity contribution in [1.82, 2.24) is 0 Å². The molecule has 1 aliphatic rings. The third kappa shape index (κ3) is 1.97. The zero-order chi connectivity index (χ0) is 12.7. The fourth-order valence-electron chi connectivity index (χ4n) is 2.18. The Hall–Kier alpha value is -1.64. The molecule has 1 fully saturated rings. The van der Waals surface area contributed by atoms with Crippen LogP contribution in [0.25, 0.3) is 0 Å². The van der Waals surface area contributed by atoms with Crippen molar-refractivity contribution in [3.63, 3.8) is 0 Å². The molecule has 90 valence electrons. The Kier molecular flexibility index (Phi) is 2.77. The number of rotatable bonds is 3. The van der Waals surface area contributed by atoms with Crippen LogP contribution in [0.4, 0.5) is 0 Å². The van der Waals surface area contributed by atoms with Gasteiger partial charge in [-0.3, -0.25) is 9.59 Å². The first-order chi connectivity index (χ1) is 7.93. The molecule has 0 saturated heterocycles. The number of carboxylic acid groups (broad SMARTS) is 1. The Morgan fingerprint density at radius 2 is 1.76 bits per heavy atom. The summed E-state index contributed by atoms with van der Waals surface area (Å²) < 4.78 is 0. The van der Waals surface area contributed by atoms with Gasteiger partial charge in [-0.05, 0) is 43.9 Å². The number of Topliss-reactive ketones (excluding diaryl/α,β-unsaturated/α-hetero) is 1. The predicted molar refractivity (Wildman–Crippen MR) is 64.2 cm³/mol. The second-order valence-electron chi connectivity index (χ2n) is 4.83. The van der Waals surface area contributed by atoms with Crippen LogP contribution >= 0.6 is 0 Å². The third-order valence-corrected chi connectivity index (χ3v) is 3.77. The van der Waals surface area contributed by atoms with Gasteiger partial charge in [0.15, 0.2) is 5.78 Å². The van der Waals surface area contributed by atoms with Crippen LogP contribution in [0.5, 0.6) is 0 Å². The number of benzene rings is 1. The number of hydrogen-bond donors (Lipinski definition) is 1. The zero-order valence-electron chi connectivity index (χ0n) is 10.3. The van der Waals surface area contributed by atoms with Gasteiger partial charge in [0.1, 0.15) is 0 Å². The highest BCUT2D eigenvalue weighted by Crippen LogP contribution is 2.41. The summed E-state index contributed by atoms with van der Waals surface area (Å²) in [6.07, 6.45) is 0.487. The van der Waals surface area contributed by atoms with E-state index in [1.165, 1.54) is 0 Å². The van der Waals surface area contributed by atoms with E-state index in [2.05, 4.69) is 0 Å². The second kappa shape index (κ2) is 3.99. The normalized spacial score (nSPS) is 22.3. The number of carbonyl (C=O) groups is 2. The van der Waals surface area contributed by atoms with E-state index in [1.54, 1.807) is 0 Å². The molecular formula is C14H16O3. The minimum atomic E-state index is -0.857. The lowest BCUT2D eigenvalue weighted by atomic mass is 9.94. The molecule has 0 bridgehead atoms. The molecule has 2 atom stereocenters. The summed E-state index contributed by atoms with van der Waals surface area (Å²) in [6, 6.07) is 3.74. The van der Waals surface area contributed by atoms with Crippen LogP contribution in [0.15, 0.2) is 12.1 Å². The molecule has 1 aliphatic carbocycles. The molecule has 17 heavy (non-hydrogen) atoms. The molecule has 3 nitrogen and oxygen atoms in total. The van der Waals surface area contributed by atoms with E-state index in [1.807, 2.05) is 32.9 Å². The van der Waals surface area contributed by atoms with Gasteiger partial charge in [0.25, 0.3) is 0 Å². The number of aliphatic carboxylic acids is 1. The van der Waals surface area contributed by atoms with Crippen LogP contribution in [-0.4, -0.2) is 16.9 Å². The van der Waals surface area contributed by atoms with E-state index in [-0.39, 0.29) is 11.7 Å². The summed E-state index contributed by atoms with van der Waals surface area (Å²) >= 11 is 0. The maximum Gasteiger partial charge on any atom is 0.307 e. The van der Waals surface area contributed by atoms with E-state index in [0.717, 1.165) is 16.7 Å². The molecule has 0 radical (unpaired) electrons. The van der Waals surface area contributed by atoms with Gasteiger partial charge in [0.05, 0.1) is 5.92 Å². The standard InChI is InChI=1S/C14H16O3/c1-7-4-5-10(9(3)8(7)2)13(15)11-6-12(11)14(16)17/h4-5,11-12H,6H2,1-3H3,(H,16,17). The summed E-state index contributed by atoms with van der Waals surface area (Å²) in [7, 11) is 0. The lowest BCUT2D eigenvalue weighted by Crippen LogP contribution is -2.10. The fourth-order valence-corrected chi connectivity index (χ4v) is 2.18. The molecule has 0 spiro atoms. The van der Waals surface area contributed by atoms with Crippen molar-refractivity contribution in [1.29, 1.82) is 0 Å². The van der Waals surface area contributed by atoms with Crippen molar-refractivity contribution in [2.24, 2.45) is 11.8 Å². The SMILES string of the molecule is Cc1ccc(C(=O)C2CC2C(=O)O)c(C)c1C. The molecule has 3 heteroatoms. The quantitative estimate of drug-likeness (QED) is 0.815. The first-order valence-electron chi connectivity index (χ1n) is 5.77. The van der Waals surface area contributed by atoms with Crippen LogP contribution in [0, 0.1) is 32.6 Å². The number of ketones is 1. The average molecular weight is 232 g/mol. The second-order valence-corrected chi connectivity index (χ2v) is 4.83. The summed E-state index contributed by atoms with van der Waals surface area (Å²) in [6.45, 7) is 5.92. The smallest absolute Gasteiger partial charge is 0.307 e. The Bertz CT molecular complexity index is 502. The molecule has 2 rings (SSSR count). The van der Waals surface area contributed by atoms with Crippen molar-refractivity contribution in [2.45, 2.75) is 27.2 Å². The summed E-state index contributed by atoms with van der Waals surface area (Å²) in [5.74, 6) is -1.65. The summed E-state index contributed by atoms with van der Waals surface area (Å²) in [5.41, 5.74) is 3.93. The Morgan fingerprint density at radius 3 is 2.29 bits per heavy atom. The molecule has 0 heterocycles. The highest BCUT2D eigenvalue weighted by Gasteiger charge is 2.48. The number of carbonyl (C=O) groups excluding carboxylic acids is 1. The summed E-state index contributed by atoms with van der Waals surface area (Å²) in [4.78, 5) is 22.9. The van der Waals surface area contributed by atoms with E-state index in [0.29, 0.717) is 12.0 Å². The van der Waals surface area contributed by atoms with Crippen LogP contribution in [0.2, 0.25) is 0 Å². The number of hydrogen-bond acceptors (Lipinski definition) is 2. The minimum Gasteiger partial charge on any atom is -0.481 e. The first-order valence-corrected chi connectivity index (χ1v) is 5.77. The summed E-state index contributed by atoms with van der Waals surface area (Å²) in [5, 5.41) is 8.84. The lowest BCUT2D eigenvalue weighted by Gasteiger charge is -2.09. The number of carboxylic acids is 1. The van der Waals surface area contributed by atoms with Crippen LogP contribution in [-0.2, 0) is 4.79 Å². The maximum absolute atomic E-state index is 12.1. The van der Waals surface area contributed by atoms with Crippen molar-refractivity contribution in [3.8, 4) is 0 Å². The van der Waals surface area contributed by atoms with Gasteiger partial charge < -0.3 is 5.11 Å². The van der Waals surface area contributed by atoms with Crippen molar-refractivity contribution in [3.05, 3.63) is 34.4 Å². The Labute approximate surface area is 100 Å². The lowest BCUT2D eigenvalue weighted by molar-refractivity contribution is -0.138. The molecule has 2 unspecified atom stereocenters. The van der Waals surface area contributed by atoms with Gasteiger partial charge in [0, 0.05) is 11.5 Å². The van der Waals surface area contributed by atoms with E-state index < -0.39 is 11.9 Å². The van der Waals surface area contributed by atoms with Crippen LogP contribution in [0.3, 0.4) is 0 Å². The zero-order valence-corrected chi connectivity index (χ0v) is 10.3. The van der Waals surface area contributed by atoms with E-state index >= 15 is 0 Å². The molecule has 0 aliphatic heterocycles. The van der Waals surface area contributed by atoms with Gasteiger partial charge >= 0.3 is 5.97 Å². The molecule has 1 aromatic rings. The molecule has 1 aromatic carbocycles. The van der Waals surface area contributed by atoms with Gasteiger partial charge in [-0.15, -0.1) is 0 Å².